The van der Waals surface area contributed by atoms with E-state index in [4.69, 9.17) is 0 Å². The Balaban J connectivity index is 2.63. The molecule has 0 aliphatic carbocycles. The van der Waals surface area contributed by atoms with Gasteiger partial charge in [0.2, 0.25) is 5.91 Å². The Morgan fingerprint density at radius 1 is 1.44 bits per heavy atom. The Hall–Kier alpha value is -0.220. The number of carbonyl (C=O) groups excluding carboxylic acids is 1. The zero-order chi connectivity index (χ0) is 12.3. The van der Waals surface area contributed by atoms with Gasteiger partial charge in [-0.15, -0.1) is 0 Å². The summed E-state index contributed by atoms with van der Waals surface area (Å²) in [5, 5.41) is 3.37. The van der Waals surface area contributed by atoms with Crippen LogP contribution in [0.2, 0.25) is 0 Å². The molecule has 3 atom stereocenters. The highest BCUT2D eigenvalue weighted by molar-refractivity contribution is 7.98. The Morgan fingerprint density at radius 3 is 2.56 bits per heavy atom. The van der Waals surface area contributed by atoms with Crippen LogP contribution in [-0.4, -0.2) is 41.6 Å². The molecule has 1 N–H and O–H groups in total. The van der Waals surface area contributed by atoms with E-state index < -0.39 is 0 Å². The number of hydrogen-bond donors (Lipinski definition) is 1. The second-order valence-corrected chi connectivity index (χ2v) is 6.04. The number of hydrogen-bond acceptors (Lipinski definition) is 3. The second-order valence-electron chi connectivity index (χ2n) is 5.13. The summed E-state index contributed by atoms with van der Waals surface area (Å²) in [6.07, 6.45) is 2.33. The number of rotatable bonds is 5. The minimum absolute atomic E-state index is 0.0196. The summed E-state index contributed by atoms with van der Waals surface area (Å²) in [5.74, 6) is 2.40. The molecule has 3 nitrogen and oxygen atoms in total. The van der Waals surface area contributed by atoms with Crippen LogP contribution in [0.1, 0.15) is 27.7 Å². The Bertz CT molecular complexity index is 245. The lowest BCUT2D eigenvalue weighted by Crippen LogP contribution is -2.43. The maximum Gasteiger partial charge on any atom is 0.240 e. The summed E-state index contributed by atoms with van der Waals surface area (Å²) < 4.78 is 0. The Kier molecular flexibility index (Phi) is 5.12. The van der Waals surface area contributed by atoms with Crippen molar-refractivity contribution in [2.24, 2.45) is 11.8 Å². The molecule has 1 fully saturated rings. The standard InChI is InChI=1S/C12H24N2OS/c1-8(2)11-13-10(4)12(15)14(11)6-9(3)7-16-5/h8-11,13H,6-7H2,1-5H3. The van der Waals surface area contributed by atoms with E-state index in [1.807, 2.05) is 23.6 Å². The van der Waals surface area contributed by atoms with Crippen LogP contribution in [-0.2, 0) is 4.79 Å². The fourth-order valence-corrected chi connectivity index (χ4v) is 2.91. The monoisotopic (exact) mass is 244 g/mol. The molecule has 0 spiro atoms. The number of amides is 1. The fourth-order valence-electron chi connectivity index (χ4n) is 2.23. The summed E-state index contributed by atoms with van der Waals surface area (Å²) >= 11 is 1.85. The first kappa shape index (κ1) is 13.8. The van der Waals surface area contributed by atoms with Gasteiger partial charge in [0.05, 0.1) is 12.2 Å². The molecule has 1 heterocycles. The van der Waals surface area contributed by atoms with Crippen LogP contribution >= 0.6 is 11.8 Å². The van der Waals surface area contributed by atoms with Gasteiger partial charge in [-0.3, -0.25) is 10.1 Å². The number of thioether (sulfide) groups is 1. The smallest absolute Gasteiger partial charge is 0.240 e. The molecular formula is C12H24N2OS. The van der Waals surface area contributed by atoms with E-state index in [1.54, 1.807) is 0 Å². The first-order chi connectivity index (χ1) is 7.47. The molecule has 4 heteroatoms. The van der Waals surface area contributed by atoms with E-state index in [9.17, 15) is 4.79 Å². The van der Waals surface area contributed by atoms with Crippen molar-refractivity contribution in [2.45, 2.75) is 39.9 Å². The Labute approximate surface area is 103 Å². The van der Waals surface area contributed by atoms with Crippen molar-refractivity contribution in [1.82, 2.24) is 10.2 Å². The maximum atomic E-state index is 12.0. The van der Waals surface area contributed by atoms with Crippen molar-refractivity contribution >= 4 is 17.7 Å². The highest BCUT2D eigenvalue weighted by Crippen LogP contribution is 2.19. The topological polar surface area (TPSA) is 32.3 Å². The van der Waals surface area contributed by atoms with E-state index in [0.717, 1.165) is 12.3 Å². The van der Waals surface area contributed by atoms with Gasteiger partial charge in [-0.1, -0.05) is 20.8 Å². The van der Waals surface area contributed by atoms with Crippen LogP contribution in [0, 0.1) is 11.8 Å². The molecule has 94 valence electrons. The summed E-state index contributed by atoms with van der Waals surface area (Å²) in [6, 6.07) is -0.0196. The predicted molar refractivity (Wildman–Crippen MR) is 70.5 cm³/mol. The largest absolute Gasteiger partial charge is 0.325 e. The lowest BCUT2D eigenvalue weighted by molar-refractivity contribution is -0.130. The van der Waals surface area contributed by atoms with Crippen molar-refractivity contribution in [3.63, 3.8) is 0 Å². The molecule has 0 aromatic heterocycles. The molecule has 0 aromatic rings. The lowest BCUT2D eigenvalue weighted by Gasteiger charge is -2.29. The Morgan fingerprint density at radius 2 is 2.06 bits per heavy atom. The lowest BCUT2D eigenvalue weighted by atomic mass is 10.1. The quantitative estimate of drug-likeness (QED) is 0.800. The zero-order valence-corrected chi connectivity index (χ0v) is 11.8. The van der Waals surface area contributed by atoms with Crippen molar-refractivity contribution in [3.05, 3.63) is 0 Å². The highest BCUT2D eigenvalue weighted by atomic mass is 32.2. The van der Waals surface area contributed by atoms with Gasteiger partial charge in [0, 0.05) is 6.54 Å². The van der Waals surface area contributed by atoms with Gasteiger partial charge >= 0.3 is 0 Å². The number of carbonyl (C=O) groups is 1. The molecule has 1 amide bonds. The van der Waals surface area contributed by atoms with Gasteiger partial charge in [0.15, 0.2) is 0 Å². The molecule has 1 aliphatic rings. The zero-order valence-electron chi connectivity index (χ0n) is 11.0. The number of nitrogens with one attached hydrogen (secondary N) is 1. The van der Waals surface area contributed by atoms with Gasteiger partial charge in [-0.05, 0) is 30.8 Å². The molecule has 1 saturated heterocycles. The molecule has 1 rings (SSSR count). The third kappa shape index (κ3) is 3.14. The van der Waals surface area contributed by atoms with Crippen LogP contribution in [0.5, 0.6) is 0 Å². The normalized spacial score (nSPS) is 27.9. The molecular weight excluding hydrogens is 220 g/mol. The first-order valence-corrected chi connectivity index (χ1v) is 7.42. The third-order valence-electron chi connectivity index (χ3n) is 3.00. The number of nitrogens with zero attached hydrogens (tertiary/aromatic N) is 1. The second kappa shape index (κ2) is 5.92. The van der Waals surface area contributed by atoms with Crippen LogP contribution in [0.4, 0.5) is 0 Å². The van der Waals surface area contributed by atoms with E-state index in [-0.39, 0.29) is 18.1 Å². The van der Waals surface area contributed by atoms with Gasteiger partial charge < -0.3 is 4.90 Å². The molecule has 1 aliphatic heterocycles. The van der Waals surface area contributed by atoms with Gasteiger partial charge in [-0.25, -0.2) is 0 Å². The van der Waals surface area contributed by atoms with Crippen molar-refractivity contribution in [1.29, 1.82) is 0 Å². The van der Waals surface area contributed by atoms with Crippen molar-refractivity contribution in [3.8, 4) is 0 Å². The molecule has 0 saturated carbocycles. The van der Waals surface area contributed by atoms with E-state index in [1.165, 1.54) is 0 Å². The molecule has 0 aromatic carbocycles. The highest BCUT2D eigenvalue weighted by Gasteiger charge is 2.37. The summed E-state index contributed by atoms with van der Waals surface area (Å²) in [7, 11) is 0. The van der Waals surface area contributed by atoms with E-state index in [2.05, 4.69) is 32.3 Å². The molecule has 0 bridgehead atoms. The fraction of sp³-hybridized carbons (Fsp3) is 0.917. The van der Waals surface area contributed by atoms with Crippen LogP contribution < -0.4 is 5.32 Å². The SMILES string of the molecule is CSCC(C)CN1C(=O)C(C)NC1C(C)C. The van der Waals surface area contributed by atoms with Crippen LogP contribution in [0.3, 0.4) is 0 Å². The van der Waals surface area contributed by atoms with Crippen LogP contribution in [0.25, 0.3) is 0 Å². The summed E-state index contributed by atoms with van der Waals surface area (Å²) in [5.41, 5.74) is 0. The van der Waals surface area contributed by atoms with Crippen LogP contribution in [0.15, 0.2) is 0 Å². The van der Waals surface area contributed by atoms with Gasteiger partial charge in [0.25, 0.3) is 0 Å². The van der Waals surface area contributed by atoms with Crippen molar-refractivity contribution in [2.75, 3.05) is 18.6 Å². The summed E-state index contributed by atoms with van der Waals surface area (Å²) in [4.78, 5) is 14.0. The average Bonchev–Trinajstić information content (AvgIpc) is 2.46. The predicted octanol–water partition coefficient (Wildman–Crippen LogP) is 1.79. The molecule has 0 radical (unpaired) electrons. The minimum Gasteiger partial charge on any atom is -0.325 e. The third-order valence-corrected chi connectivity index (χ3v) is 3.90. The maximum absolute atomic E-state index is 12.0. The summed E-state index contributed by atoms with van der Waals surface area (Å²) in [6.45, 7) is 9.37. The van der Waals surface area contributed by atoms with E-state index in [0.29, 0.717) is 11.8 Å². The first-order valence-electron chi connectivity index (χ1n) is 6.02. The molecule has 16 heavy (non-hydrogen) atoms. The van der Waals surface area contributed by atoms with Gasteiger partial charge in [-0.2, -0.15) is 11.8 Å². The minimum atomic E-state index is -0.0196. The molecule has 3 unspecified atom stereocenters. The van der Waals surface area contributed by atoms with Gasteiger partial charge in [0.1, 0.15) is 0 Å². The van der Waals surface area contributed by atoms with E-state index >= 15 is 0 Å². The van der Waals surface area contributed by atoms with Crippen molar-refractivity contribution < 1.29 is 4.79 Å². The average molecular weight is 244 g/mol.